The van der Waals surface area contributed by atoms with E-state index in [0.717, 1.165) is 30.6 Å². The van der Waals surface area contributed by atoms with Crippen molar-refractivity contribution in [2.24, 2.45) is 23.7 Å². The van der Waals surface area contributed by atoms with Gasteiger partial charge in [-0.1, -0.05) is 31.1 Å². The van der Waals surface area contributed by atoms with Crippen LogP contribution < -0.4 is 4.74 Å². The van der Waals surface area contributed by atoms with Crippen LogP contribution in [0.25, 0.3) is 0 Å². The third-order valence-electron chi connectivity index (χ3n) is 7.44. The molecule has 2 aliphatic rings. The molecule has 5 heteroatoms. The van der Waals surface area contributed by atoms with Crippen LogP contribution in [0, 0.1) is 29.5 Å². The summed E-state index contributed by atoms with van der Waals surface area (Å²) < 4.78 is 60.1. The molecule has 0 radical (unpaired) electrons. The monoisotopic (exact) mass is 440 g/mol. The minimum atomic E-state index is -4.71. The molecule has 31 heavy (non-hydrogen) atoms. The second-order valence-corrected chi connectivity index (χ2v) is 9.36. The van der Waals surface area contributed by atoms with Gasteiger partial charge in [-0.25, -0.2) is 4.39 Å². The highest BCUT2D eigenvalue weighted by molar-refractivity contribution is 5.39. The van der Waals surface area contributed by atoms with Gasteiger partial charge >= 0.3 is 6.18 Å². The number of alkyl halides is 3. The average Bonchev–Trinajstić information content (AvgIpc) is 2.74. The fourth-order valence-electron chi connectivity index (χ4n) is 5.77. The number of benzene rings is 1. The van der Waals surface area contributed by atoms with E-state index in [2.05, 4.69) is 19.1 Å². The maximum absolute atomic E-state index is 14.5. The van der Waals surface area contributed by atoms with Crippen LogP contribution in [0.3, 0.4) is 0 Å². The SMILES string of the molecule is CC=CC1CCC(C2CCC(CCc3ccc(OCC)c(F)c3C(F)(F)F)CC2)CC1. The second-order valence-electron chi connectivity index (χ2n) is 9.36. The van der Waals surface area contributed by atoms with E-state index in [1.807, 2.05) is 0 Å². The summed E-state index contributed by atoms with van der Waals surface area (Å²) in [6, 6.07) is 2.73. The van der Waals surface area contributed by atoms with Crippen LogP contribution in [0.4, 0.5) is 17.6 Å². The molecular formula is C26H36F4O. The lowest BCUT2D eigenvalue weighted by Gasteiger charge is -2.37. The molecule has 2 saturated carbocycles. The predicted octanol–water partition coefficient (Wildman–Crippen LogP) is 8.36. The van der Waals surface area contributed by atoms with Gasteiger partial charge in [-0.2, -0.15) is 13.2 Å². The van der Waals surface area contributed by atoms with E-state index in [0.29, 0.717) is 12.3 Å². The molecule has 0 amide bonds. The van der Waals surface area contributed by atoms with E-state index in [1.54, 1.807) is 6.92 Å². The standard InChI is InChI=1S/C26H36F4O/c1-3-5-18-6-11-20(12-7-18)21-13-8-19(9-14-21)10-15-22-16-17-23(31-4-2)25(27)24(22)26(28,29)30/h3,5,16-21H,4,6-15H2,1-2H3. The molecule has 0 aliphatic heterocycles. The zero-order chi connectivity index (χ0) is 22.4. The molecule has 2 fully saturated rings. The topological polar surface area (TPSA) is 9.23 Å². The van der Waals surface area contributed by atoms with Gasteiger partial charge in [-0.05, 0) is 101 Å². The van der Waals surface area contributed by atoms with E-state index >= 15 is 0 Å². The molecule has 0 saturated heterocycles. The first-order valence-corrected chi connectivity index (χ1v) is 12.0. The molecule has 0 unspecified atom stereocenters. The van der Waals surface area contributed by atoms with Crippen LogP contribution >= 0.6 is 0 Å². The Hall–Kier alpha value is -1.52. The predicted molar refractivity (Wildman–Crippen MR) is 117 cm³/mol. The van der Waals surface area contributed by atoms with Crippen LogP contribution in [0.15, 0.2) is 24.3 Å². The lowest BCUT2D eigenvalue weighted by Crippen LogP contribution is -2.25. The van der Waals surface area contributed by atoms with Crippen LogP contribution in [0.5, 0.6) is 5.75 Å². The first-order valence-electron chi connectivity index (χ1n) is 12.0. The van der Waals surface area contributed by atoms with Gasteiger partial charge in [0.25, 0.3) is 0 Å². The maximum atomic E-state index is 14.5. The van der Waals surface area contributed by atoms with Gasteiger partial charge in [0.05, 0.1) is 12.2 Å². The number of ether oxygens (including phenoxy) is 1. The minimum absolute atomic E-state index is 0.0536. The second kappa shape index (κ2) is 10.9. The number of rotatable bonds is 7. The molecule has 1 aromatic carbocycles. The zero-order valence-electron chi connectivity index (χ0n) is 18.8. The summed E-state index contributed by atoms with van der Waals surface area (Å²) in [6.45, 7) is 3.85. The third-order valence-corrected chi connectivity index (χ3v) is 7.44. The van der Waals surface area contributed by atoms with Crippen LogP contribution in [-0.2, 0) is 12.6 Å². The largest absolute Gasteiger partial charge is 0.491 e. The first kappa shape index (κ1) is 24.1. The summed E-state index contributed by atoms with van der Waals surface area (Å²) in [5, 5.41) is 0. The quantitative estimate of drug-likeness (QED) is 0.306. The van der Waals surface area contributed by atoms with Crippen LogP contribution in [-0.4, -0.2) is 6.61 Å². The Morgan fingerprint density at radius 1 is 0.968 bits per heavy atom. The van der Waals surface area contributed by atoms with E-state index in [4.69, 9.17) is 4.74 Å². The van der Waals surface area contributed by atoms with E-state index < -0.39 is 17.6 Å². The lowest BCUT2D eigenvalue weighted by atomic mass is 9.68. The first-order chi connectivity index (χ1) is 14.8. The fraction of sp³-hybridized carbons (Fsp3) is 0.692. The normalized spacial score (nSPS) is 27.5. The summed E-state index contributed by atoms with van der Waals surface area (Å²) in [6.07, 6.45) is 10.5. The molecule has 0 atom stereocenters. The molecule has 174 valence electrons. The fourth-order valence-corrected chi connectivity index (χ4v) is 5.77. The van der Waals surface area contributed by atoms with Crippen molar-refractivity contribution in [1.29, 1.82) is 0 Å². The molecule has 1 nitrogen and oxygen atoms in total. The van der Waals surface area contributed by atoms with Gasteiger partial charge < -0.3 is 4.74 Å². The van der Waals surface area contributed by atoms with Crippen molar-refractivity contribution in [3.63, 3.8) is 0 Å². The van der Waals surface area contributed by atoms with E-state index in [-0.39, 0.29) is 24.3 Å². The Morgan fingerprint density at radius 2 is 1.58 bits per heavy atom. The smallest absolute Gasteiger partial charge is 0.419 e. The highest BCUT2D eigenvalue weighted by Crippen LogP contribution is 2.43. The molecule has 0 N–H and O–H groups in total. The molecule has 0 bridgehead atoms. The molecule has 0 aromatic heterocycles. The van der Waals surface area contributed by atoms with Crippen molar-refractivity contribution >= 4 is 0 Å². The van der Waals surface area contributed by atoms with Gasteiger partial charge in [-0.3, -0.25) is 0 Å². The van der Waals surface area contributed by atoms with Gasteiger partial charge in [0, 0.05) is 0 Å². The van der Waals surface area contributed by atoms with E-state index in [1.165, 1.54) is 50.7 Å². The number of hydrogen-bond acceptors (Lipinski definition) is 1. The highest BCUT2D eigenvalue weighted by Gasteiger charge is 2.38. The van der Waals surface area contributed by atoms with Gasteiger partial charge in [-0.15, -0.1) is 0 Å². The molecule has 3 rings (SSSR count). The Balaban J connectivity index is 1.53. The minimum Gasteiger partial charge on any atom is -0.491 e. The van der Waals surface area contributed by atoms with Crippen molar-refractivity contribution in [2.75, 3.05) is 6.61 Å². The maximum Gasteiger partial charge on any atom is 0.419 e. The molecule has 2 aliphatic carbocycles. The number of hydrogen-bond donors (Lipinski definition) is 0. The summed E-state index contributed by atoms with van der Waals surface area (Å²) in [5.74, 6) is 1.18. The Labute approximate surface area is 184 Å². The Morgan fingerprint density at radius 3 is 2.13 bits per heavy atom. The molecular weight excluding hydrogens is 404 g/mol. The average molecular weight is 441 g/mol. The number of allylic oxidation sites excluding steroid dienone is 2. The number of aryl methyl sites for hydroxylation is 1. The highest BCUT2D eigenvalue weighted by atomic mass is 19.4. The molecule has 0 heterocycles. The van der Waals surface area contributed by atoms with Crippen LogP contribution in [0.2, 0.25) is 0 Å². The van der Waals surface area contributed by atoms with Crippen molar-refractivity contribution in [3.05, 3.63) is 41.2 Å². The summed E-state index contributed by atoms with van der Waals surface area (Å²) in [5.41, 5.74) is -1.09. The van der Waals surface area contributed by atoms with Crippen molar-refractivity contribution in [1.82, 2.24) is 0 Å². The van der Waals surface area contributed by atoms with Crippen LogP contribution in [0.1, 0.15) is 82.8 Å². The van der Waals surface area contributed by atoms with Gasteiger partial charge in [0.15, 0.2) is 11.6 Å². The Kier molecular flexibility index (Phi) is 8.46. The third kappa shape index (κ3) is 6.26. The van der Waals surface area contributed by atoms with Crippen molar-refractivity contribution in [3.8, 4) is 5.75 Å². The molecule has 0 spiro atoms. The van der Waals surface area contributed by atoms with E-state index in [9.17, 15) is 17.6 Å². The van der Waals surface area contributed by atoms with Gasteiger partial charge in [0.2, 0.25) is 0 Å². The lowest BCUT2D eigenvalue weighted by molar-refractivity contribution is -0.140. The summed E-state index contributed by atoms with van der Waals surface area (Å²) in [4.78, 5) is 0. The van der Waals surface area contributed by atoms with Crippen molar-refractivity contribution in [2.45, 2.75) is 84.2 Å². The summed E-state index contributed by atoms with van der Waals surface area (Å²) in [7, 11) is 0. The summed E-state index contributed by atoms with van der Waals surface area (Å²) >= 11 is 0. The molecule has 1 aromatic rings. The zero-order valence-corrected chi connectivity index (χ0v) is 18.8. The van der Waals surface area contributed by atoms with Crippen molar-refractivity contribution < 1.29 is 22.3 Å². The van der Waals surface area contributed by atoms with Gasteiger partial charge in [0.1, 0.15) is 0 Å². The number of halogens is 4. The Bertz CT molecular complexity index is 724.